The van der Waals surface area contributed by atoms with Crippen molar-refractivity contribution in [1.82, 2.24) is 5.32 Å². The van der Waals surface area contributed by atoms with Crippen molar-refractivity contribution in [3.8, 4) is 5.75 Å². The maximum atomic E-state index is 11.1. The zero-order valence-electron chi connectivity index (χ0n) is 10.6. The normalized spacial score (nSPS) is 13.6. The molecular formula is C11H12Br2N2O5. The molecule has 1 aromatic rings. The molecule has 0 fully saturated rings. The first-order valence-corrected chi connectivity index (χ1v) is 6.98. The molecule has 0 heterocycles. The van der Waals surface area contributed by atoms with Gasteiger partial charge in [-0.25, -0.2) is 0 Å². The molecule has 2 N–H and O–H groups in total. The van der Waals surface area contributed by atoms with Crippen LogP contribution in [0.15, 0.2) is 21.1 Å². The lowest BCUT2D eigenvalue weighted by Crippen LogP contribution is -2.52. The minimum absolute atomic E-state index is 0.106. The van der Waals surface area contributed by atoms with Crippen LogP contribution in [0.5, 0.6) is 5.75 Å². The Morgan fingerprint density at radius 3 is 2.35 bits per heavy atom. The van der Waals surface area contributed by atoms with Gasteiger partial charge in [0, 0.05) is 12.1 Å². The summed E-state index contributed by atoms with van der Waals surface area (Å²) in [4.78, 5) is 21.3. The standard InChI is InChI=1S/C11H12Br2N2O5/c1-11(14-2,10(16)17)5-20-9-7(12)3-6(15(18)19)4-8(9)13/h3-4,14H,5H2,1-2H3,(H,16,17). The van der Waals surface area contributed by atoms with Gasteiger partial charge in [-0.15, -0.1) is 0 Å². The number of nitro benzene ring substituents is 1. The van der Waals surface area contributed by atoms with Gasteiger partial charge < -0.3 is 15.2 Å². The summed E-state index contributed by atoms with van der Waals surface area (Å²) in [6.07, 6.45) is 0. The highest BCUT2D eigenvalue weighted by atomic mass is 79.9. The van der Waals surface area contributed by atoms with Gasteiger partial charge in [0.05, 0.1) is 13.9 Å². The van der Waals surface area contributed by atoms with Gasteiger partial charge in [-0.3, -0.25) is 14.9 Å². The second-order valence-corrected chi connectivity index (χ2v) is 5.88. The summed E-state index contributed by atoms with van der Waals surface area (Å²) in [7, 11) is 1.51. The average molecular weight is 412 g/mol. The number of ether oxygens (including phenoxy) is 1. The Bertz CT molecular complexity index is 529. The molecule has 0 aromatic heterocycles. The highest BCUT2D eigenvalue weighted by molar-refractivity contribution is 9.11. The van der Waals surface area contributed by atoms with E-state index in [9.17, 15) is 14.9 Å². The van der Waals surface area contributed by atoms with Crippen molar-refractivity contribution in [3.63, 3.8) is 0 Å². The molecule has 0 bridgehead atoms. The molecule has 1 unspecified atom stereocenters. The number of carboxylic acid groups (broad SMARTS) is 1. The fourth-order valence-electron chi connectivity index (χ4n) is 1.25. The molecule has 0 amide bonds. The molecule has 1 atom stereocenters. The van der Waals surface area contributed by atoms with Gasteiger partial charge in [0.1, 0.15) is 17.9 Å². The first-order chi connectivity index (χ1) is 9.21. The van der Waals surface area contributed by atoms with E-state index in [1.807, 2.05) is 0 Å². The summed E-state index contributed by atoms with van der Waals surface area (Å²) < 4.78 is 6.19. The van der Waals surface area contributed by atoms with Gasteiger partial charge in [-0.1, -0.05) is 0 Å². The Labute approximate surface area is 131 Å². The molecule has 0 radical (unpaired) electrons. The van der Waals surface area contributed by atoms with Crippen LogP contribution in [0, 0.1) is 10.1 Å². The first-order valence-electron chi connectivity index (χ1n) is 5.40. The van der Waals surface area contributed by atoms with Gasteiger partial charge >= 0.3 is 5.97 Å². The molecule has 0 saturated carbocycles. The summed E-state index contributed by atoms with van der Waals surface area (Å²) in [5.41, 5.74) is -1.37. The summed E-state index contributed by atoms with van der Waals surface area (Å²) in [5, 5.41) is 22.5. The van der Waals surface area contributed by atoms with Crippen LogP contribution in [-0.4, -0.2) is 35.2 Å². The zero-order valence-corrected chi connectivity index (χ0v) is 13.8. The predicted molar refractivity (Wildman–Crippen MR) is 79.1 cm³/mol. The number of benzene rings is 1. The SMILES string of the molecule is CNC(C)(COc1c(Br)cc([N+](=O)[O-])cc1Br)C(=O)O. The van der Waals surface area contributed by atoms with Crippen molar-refractivity contribution in [2.75, 3.05) is 13.7 Å². The predicted octanol–water partition coefficient (Wildman–Crippen LogP) is 2.56. The molecule has 0 aliphatic rings. The second-order valence-electron chi connectivity index (χ2n) is 4.17. The summed E-state index contributed by atoms with van der Waals surface area (Å²) in [6, 6.07) is 2.58. The average Bonchev–Trinajstić information content (AvgIpc) is 2.36. The van der Waals surface area contributed by atoms with Crippen molar-refractivity contribution in [2.45, 2.75) is 12.5 Å². The molecule has 20 heavy (non-hydrogen) atoms. The summed E-state index contributed by atoms with van der Waals surface area (Å²) >= 11 is 6.33. The van der Waals surface area contributed by atoms with Crippen molar-refractivity contribution in [2.24, 2.45) is 0 Å². The number of carbonyl (C=O) groups is 1. The summed E-state index contributed by atoms with van der Waals surface area (Å²) in [6.45, 7) is 1.33. The number of nitrogens with zero attached hydrogens (tertiary/aromatic N) is 1. The first kappa shape index (κ1) is 16.9. The highest BCUT2D eigenvalue weighted by Gasteiger charge is 2.32. The Kier molecular flexibility index (Phi) is 5.49. The third-order valence-electron chi connectivity index (χ3n) is 2.72. The molecule has 0 aliphatic carbocycles. The van der Waals surface area contributed by atoms with Crippen molar-refractivity contribution < 1.29 is 19.6 Å². The second kappa shape index (κ2) is 6.51. The minimum atomic E-state index is -1.26. The molecule has 1 rings (SSSR count). The Morgan fingerprint density at radius 1 is 1.50 bits per heavy atom. The van der Waals surface area contributed by atoms with Gasteiger partial charge in [0.2, 0.25) is 0 Å². The van der Waals surface area contributed by atoms with E-state index in [1.54, 1.807) is 0 Å². The maximum absolute atomic E-state index is 11.1. The number of halogens is 2. The van der Waals surface area contributed by atoms with Crippen LogP contribution < -0.4 is 10.1 Å². The minimum Gasteiger partial charge on any atom is -0.489 e. The van der Waals surface area contributed by atoms with E-state index in [1.165, 1.54) is 26.1 Å². The topological polar surface area (TPSA) is 102 Å². The Hall–Kier alpha value is -1.19. The molecule has 0 saturated heterocycles. The number of non-ortho nitro benzene ring substituents is 1. The number of carboxylic acids is 1. The van der Waals surface area contributed by atoms with Crippen molar-refractivity contribution in [1.29, 1.82) is 0 Å². The van der Waals surface area contributed by atoms with E-state index < -0.39 is 16.4 Å². The van der Waals surface area contributed by atoms with E-state index >= 15 is 0 Å². The maximum Gasteiger partial charge on any atom is 0.327 e. The zero-order chi connectivity index (χ0) is 15.5. The fraction of sp³-hybridized carbons (Fsp3) is 0.364. The van der Waals surface area contributed by atoms with E-state index in [0.717, 1.165) is 0 Å². The van der Waals surface area contributed by atoms with E-state index in [4.69, 9.17) is 9.84 Å². The largest absolute Gasteiger partial charge is 0.489 e. The third-order valence-corrected chi connectivity index (χ3v) is 3.90. The lowest BCUT2D eigenvalue weighted by atomic mass is 10.1. The third kappa shape index (κ3) is 3.68. The monoisotopic (exact) mass is 410 g/mol. The van der Waals surface area contributed by atoms with Crippen LogP contribution in [0.3, 0.4) is 0 Å². The molecule has 9 heteroatoms. The lowest BCUT2D eigenvalue weighted by molar-refractivity contribution is -0.385. The van der Waals surface area contributed by atoms with Crippen molar-refractivity contribution in [3.05, 3.63) is 31.2 Å². The smallest absolute Gasteiger partial charge is 0.327 e. The van der Waals surface area contributed by atoms with Crippen molar-refractivity contribution >= 4 is 43.5 Å². The van der Waals surface area contributed by atoms with Crippen LogP contribution in [0.4, 0.5) is 5.69 Å². The molecular weight excluding hydrogens is 400 g/mol. The van der Waals surface area contributed by atoms with E-state index in [2.05, 4.69) is 37.2 Å². The number of nitro groups is 1. The molecule has 110 valence electrons. The number of aliphatic carboxylic acids is 1. The van der Waals surface area contributed by atoms with Crippen LogP contribution in [0.2, 0.25) is 0 Å². The number of hydrogen-bond donors (Lipinski definition) is 2. The molecule has 7 nitrogen and oxygen atoms in total. The van der Waals surface area contributed by atoms with Gasteiger partial charge in [-0.05, 0) is 45.8 Å². The molecule has 0 spiro atoms. The quantitative estimate of drug-likeness (QED) is 0.551. The molecule has 0 aliphatic heterocycles. The number of likely N-dealkylation sites (N-methyl/N-ethyl adjacent to an activating group) is 1. The Morgan fingerprint density at radius 2 is 2.00 bits per heavy atom. The number of hydrogen-bond acceptors (Lipinski definition) is 5. The van der Waals surface area contributed by atoms with Crippen LogP contribution in [0.25, 0.3) is 0 Å². The lowest BCUT2D eigenvalue weighted by Gasteiger charge is -2.24. The van der Waals surface area contributed by atoms with Crippen LogP contribution in [0.1, 0.15) is 6.92 Å². The van der Waals surface area contributed by atoms with Gasteiger partial charge in [-0.2, -0.15) is 0 Å². The van der Waals surface area contributed by atoms with Gasteiger partial charge in [0.25, 0.3) is 5.69 Å². The van der Waals surface area contributed by atoms with E-state index in [-0.39, 0.29) is 12.3 Å². The summed E-state index contributed by atoms with van der Waals surface area (Å²) in [5.74, 6) is -0.757. The van der Waals surface area contributed by atoms with Crippen LogP contribution in [-0.2, 0) is 4.79 Å². The van der Waals surface area contributed by atoms with Gasteiger partial charge in [0.15, 0.2) is 0 Å². The van der Waals surface area contributed by atoms with E-state index in [0.29, 0.717) is 14.7 Å². The number of rotatable bonds is 6. The van der Waals surface area contributed by atoms with Crippen LogP contribution >= 0.6 is 31.9 Å². The number of nitrogens with one attached hydrogen (secondary N) is 1. The highest BCUT2D eigenvalue weighted by Crippen LogP contribution is 2.37. The molecule has 1 aromatic carbocycles. The fourth-order valence-corrected chi connectivity index (χ4v) is 2.64. The Balaban J connectivity index is 3.00.